The minimum Gasteiger partial charge on any atom is -0.396 e. The van der Waals surface area contributed by atoms with Gasteiger partial charge in [-0.15, -0.1) is 0 Å². The zero-order valence-electron chi connectivity index (χ0n) is 5.45. The molecule has 0 aromatic carbocycles. The van der Waals surface area contributed by atoms with Crippen molar-refractivity contribution in [2.75, 3.05) is 6.61 Å². The van der Waals surface area contributed by atoms with Crippen LogP contribution in [0.5, 0.6) is 0 Å². The third-order valence-electron chi connectivity index (χ3n) is 1.19. The average molecular weight is 129 g/mol. The molecule has 0 aliphatic carbocycles. The minimum absolute atomic E-state index is 0.0801. The van der Waals surface area contributed by atoms with Crippen LogP contribution < -0.4 is 0 Å². The maximum atomic E-state index is 8.33. The molecule has 0 aromatic heterocycles. The fourth-order valence-electron chi connectivity index (χ4n) is 0.567. The number of ether oxygens (including phenoxy) is 1. The highest BCUT2D eigenvalue weighted by Crippen LogP contribution is 2.21. The van der Waals surface area contributed by atoms with Gasteiger partial charge in [0.2, 0.25) is 0 Å². The molecule has 2 unspecified atom stereocenters. The second-order valence-corrected chi connectivity index (χ2v) is 2.08. The van der Waals surface area contributed by atoms with Crippen LogP contribution in [0.3, 0.4) is 0 Å². The van der Waals surface area contributed by atoms with Gasteiger partial charge in [0.15, 0.2) is 6.23 Å². The highest BCUT2D eigenvalue weighted by atomic mass is 16.6. The Morgan fingerprint density at radius 3 is 2.89 bits per heavy atom. The molecule has 0 aromatic rings. The van der Waals surface area contributed by atoms with Crippen LogP contribution in [0.25, 0.3) is 0 Å². The summed E-state index contributed by atoms with van der Waals surface area (Å²) in [6.45, 7) is 2.14. The van der Waals surface area contributed by atoms with Crippen LogP contribution in [0.1, 0.15) is 13.3 Å². The van der Waals surface area contributed by atoms with Crippen molar-refractivity contribution < 1.29 is 9.84 Å². The van der Waals surface area contributed by atoms with E-state index in [1.807, 2.05) is 6.92 Å². The Kier molecular flexibility index (Phi) is 2.19. The van der Waals surface area contributed by atoms with Crippen LogP contribution in [0.15, 0.2) is 4.99 Å². The summed E-state index contributed by atoms with van der Waals surface area (Å²) in [6, 6.07) is 0. The molecule has 3 nitrogen and oxygen atoms in total. The molecule has 0 amide bonds. The first-order valence-corrected chi connectivity index (χ1v) is 3.12. The van der Waals surface area contributed by atoms with Gasteiger partial charge in [-0.05, 0) is 6.92 Å². The van der Waals surface area contributed by atoms with Crippen molar-refractivity contribution in [2.45, 2.75) is 25.7 Å². The van der Waals surface area contributed by atoms with E-state index in [1.165, 1.54) is 0 Å². The van der Waals surface area contributed by atoms with Crippen LogP contribution in [-0.2, 0) is 4.74 Å². The van der Waals surface area contributed by atoms with Crippen molar-refractivity contribution in [1.82, 2.24) is 0 Å². The third kappa shape index (κ3) is 2.11. The summed E-state index contributed by atoms with van der Waals surface area (Å²) < 4.78 is 4.98. The minimum atomic E-state index is 0.0801. The highest BCUT2D eigenvalue weighted by Gasteiger charge is 2.32. The summed E-state index contributed by atoms with van der Waals surface area (Å²) in [4.78, 5) is 4.00. The first-order valence-electron chi connectivity index (χ1n) is 3.12. The molecule has 9 heavy (non-hydrogen) atoms. The van der Waals surface area contributed by atoms with Crippen LogP contribution in [0.2, 0.25) is 0 Å². The lowest BCUT2D eigenvalue weighted by molar-refractivity contribution is 0.308. The zero-order valence-corrected chi connectivity index (χ0v) is 5.45. The topological polar surface area (TPSA) is 45.1 Å². The second kappa shape index (κ2) is 2.94. The molecule has 1 aliphatic heterocycles. The molecule has 1 fully saturated rings. The number of aliphatic hydroxyl groups excluding tert-OH is 1. The standard InChI is InChI=1S/C6H11NO2/c1-5-6(9-5)7-3-2-4-8/h3,5-6,8H,2,4H2,1H3. The largest absolute Gasteiger partial charge is 0.396 e. The van der Waals surface area contributed by atoms with E-state index in [2.05, 4.69) is 4.99 Å². The molecule has 1 aliphatic rings. The zero-order chi connectivity index (χ0) is 6.69. The fraction of sp³-hybridized carbons (Fsp3) is 0.833. The van der Waals surface area contributed by atoms with Crippen molar-refractivity contribution in [1.29, 1.82) is 0 Å². The summed E-state index contributed by atoms with van der Waals surface area (Å²) in [5.41, 5.74) is 0. The summed E-state index contributed by atoms with van der Waals surface area (Å²) in [6.07, 6.45) is 2.71. The first kappa shape index (κ1) is 6.71. The molecule has 0 bridgehead atoms. The highest BCUT2D eigenvalue weighted by molar-refractivity contribution is 5.57. The number of hydrogen-bond acceptors (Lipinski definition) is 3. The van der Waals surface area contributed by atoms with Crippen molar-refractivity contribution in [2.24, 2.45) is 4.99 Å². The van der Waals surface area contributed by atoms with Gasteiger partial charge in [-0.2, -0.15) is 0 Å². The van der Waals surface area contributed by atoms with E-state index < -0.39 is 0 Å². The van der Waals surface area contributed by atoms with E-state index in [9.17, 15) is 0 Å². The number of rotatable bonds is 3. The van der Waals surface area contributed by atoms with Crippen LogP contribution in [-0.4, -0.2) is 30.3 Å². The summed E-state index contributed by atoms with van der Waals surface area (Å²) in [5.74, 6) is 0. The van der Waals surface area contributed by atoms with Gasteiger partial charge >= 0.3 is 0 Å². The third-order valence-corrected chi connectivity index (χ3v) is 1.19. The van der Waals surface area contributed by atoms with Crippen LogP contribution in [0.4, 0.5) is 0 Å². The molecule has 0 radical (unpaired) electrons. The summed E-state index contributed by atoms with van der Waals surface area (Å²) >= 11 is 0. The molecule has 0 saturated carbocycles. The summed E-state index contributed by atoms with van der Waals surface area (Å²) in [5, 5.41) is 8.33. The predicted octanol–water partition coefficient (Wildman–Crippen LogP) is 0.184. The van der Waals surface area contributed by atoms with Gasteiger partial charge in [0.1, 0.15) is 6.10 Å². The molecule has 3 heteroatoms. The number of nitrogens with zero attached hydrogens (tertiary/aromatic N) is 1. The van der Waals surface area contributed by atoms with E-state index in [0.29, 0.717) is 12.5 Å². The predicted molar refractivity (Wildman–Crippen MR) is 34.5 cm³/mol. The van der Waals surface area contributed by atoms with Crippen molar-refractivity contribution >= 4 is 6.21 Å². The Morgan fingerprint density at radius 2 is 2.44 bits per heavy atom. The Hall–Kier alpha value is -0.410. The SMILES string of the molecule is CC1OC1N=CCCO. The number of epoxide rings is 1. The molecule has 1 N–H and O–H groups in total. The van der Waals surface area contributed by atoms with Gasteiger partial charge in [0, 0.05) is 19.2 Å². The van der Waals surface area contributed by atoms with Crippen molar-refractivity contribution in [3.05, 3.63) is 0 Å². The molecule has 0 spiro atoms. The molecule has 1 saturated heterocycles. The van der Waals surface area contributed by atoms with Crippen LogP contribution in [0, 0.1) is 0 Å². The van der Waals surface area contributed by atoms with Crippen LogP contribution >= 0.6 is 0 Å². The molecule has 2 atom stereocenters. The Bertz CT molecular complexity index is 114. The number of aliphatic hydroxyl groups is 1. The lowest BCUT2D eigenvalue weighted by atomic mass is 10.5. The molecular formula is C6H11NO2. The van der Waals surface area contributed by atoms with E-state index in [-0.39, 0.29) is 12.8 Å². The Morgan fingerprint density at radius 1 is 1.78 bits per heavy atom. The molecule has 1 rings (SSSR count). The van der Waals surface area contributed by atoms with Gasteiger partial charge in [0.05, 0.1) is 0 Å². The van der Waals surface area contributed by atoms with Gasteiger partial charge in [-0.25, -0.2) is 0 Å². The second-order valence-electron chi connectivity index (χ2n) is 2.08. The van der Waals surface area contributed by atoms with Gasteiger partial charge in [0.25, 0.3) is 0 Å². The Labute approximate surface area is 54.4 Å². The average Bonchev–Trinajstić information content (AvgIpc) is 2.48. The van der Waals surface area contributed by atoms with E-state index in [4.69, 9.17) is 9.84 Å². The van der Waals surface area contributed by atoms with E-state index in [0.717, 1.165) is 0 Å². The maximum absolute atomic E-state index is 8.33. The summed E-state index contributed by atoms with van der Waals surface area (Å²) in [7, 11) is 0. The fourth-order valence-corrected chi connectivity index (χ4v) is 0.567. The number of aliphatic imine (C=N–C) groups is 1. The van der Waals surface area contributed by atoms with Gasteiger partial charge < -0.3 is 9.84 Å². The maximum Gasteiger partial charge on any atom is 0.174 e. The lowest BCUT2D eigenvalue weighted by Gasteiger charge is -1.81. The molecular weight excluding hydrogens is 118 g/mol. The number of hydrogen-bond donors (Lipinski definition) is 1. The first-order chi connectivity index (χ1) is 4.34. The van der Waals surface area contributed by atoms with E-state index in [1.54, 1.807) is 6.21 Å². The smallest absolute Gasteiger partial charge is 0.174 e. The quantitative estimate of drug-likeness (QED) is 0.436. The van der Waals surface area contributed by atoms with Gasteiger partial charge in [-0.3, -0.25) is 4.99 Å². The van der Waals surface area contributed by atoms with Crippen molar-refractivity contribution in [3.8, 4) is 0 Å². The normalized spacial score (nSPS) is 33.6. The lowest BCUT2D eigenvalue weighted by Crippen LogP contribution is -1.87. The molecule has 1 heterocycles. The molecule has 52 valence electrons. The van der Waals surface area contributed by atoms with Crippen molar-refractivity contribution in [3.63, 3.8) is 0 Å². The van der Waals surface area contributed by atoms with E-state index >= 15 is 0 Å². The monoisotopic (exact) mass is 129 g/mol. The Balaban J connectivity index is 2.03. The van der Waals surface area contributed by atoms with Gasteiger partial charge in [-0.1, -0.05) is 0 Å².